The number of rotatable bonds is 28. The standard InChI is InChI=1S/C82H70O29S/c1-95-57-43-45-58(46-44-57)99-80-69(106-77(89)55-39-23-9-24-40-55)64(62(111-112(92,93)94)60(101-80)48-98-72(84)50-29-13-4-14-30-50)109-81-68(105-76(88)54-37-21-8-22-38-54)63(61(102-73(85)51-31-15-5-16-32-51)59(100-81)47-97-71(83)49-27-11-3-12-28-49)108-82-70(107-78(90)56-41-25-10-26-42-56)66(104-75(87)53-35-19-7-20-36-53)65(67(110-82)79(91)96-2)103-74(86)52-33-17-6-18-34-52/h3-46,59-70,80-82H,47-48H2,1-2H3,(H,92,93,94)/t59-,60-,61+,62+,63+,64+,65+,66+,67+,68-,69-,70-,80-,81+,82-/m1/s1. The van der Waals surface area contributed by atoms with Crippen molar-refractivity contribution >= 4 is 64.1 Å². The second kappa shape index (κ2) is 37.3. The highest BCUT2D eigenvalue weighted by molar-refractivity contribution is 7.80. The molecule has 3 heterocycles. The van der Waals surface area contributed by atoms with Gasteiger partial charge in [-0.2, -0.15) is 8.42 Å². The van der Waals surface area contributed by atoms with Crippen LogP contribution in [0.1, 0.15) is 82.9 Å². The minimum Gasteiger partial charge on any atom is -0.497 e. The fourth-order valence-corrected chi connectivity index (χ4v) is 12.6. The molecular weight excluding hydrogens is 1480 g/mol. The Kier molecular flexibility index (Phi) is 26.3. The van der Waals surface area contributed by atoms with Gasteiger partial charge in [0.15, 0.2) is 49.0 Å². The van der Waals surface area contributed by atoms with Crippen LogP contribution in [0.3, 0.4) is 0 Å². The maximum Gasteiger partial charge on any atom is 0.397 e. The third-order valence-electron chi connectivity index (χ3n) is 17.5. The van der Waals surface area contributed by atoms with Crippen molar-refractivity contribution < 1.29 is 136 Å². The van der Waals surface area contributed by atoms with Gasteiger partial charge in [-0.15, -0.1) is 0 Å². The van der Waals surface area contributed by atoms with Gasteiger partial charge in [-0.1, -0.05) is 146 Å². The van der Waals surface area contributed by atoms with Gasteiger partial charge in [0.05, 0.1) is 58.7 Å². The monoisotopic (exact) mass is 1550 g/mol. The first-order valence-corrected chi connectivity index (χ1v) is 36.0. The third-order valence-corrected chi connectivity index (χ3v) is 18.0. The second-order valence-electron chi connectivity index (χ2n) is 24.9. The largest absolute Gasteiger partial charge is 0.497 e. The van der Waals surface area contributed by atoms with Gasteiger partial charge < -0.3 is 75.8 Å². The predicted molar refractivity (Wildman–Crippen MR) is 385 cm³/mol. The molecule has 9 aromatic carbocycles. The molecule has 3 fully saturated rings. The molecule has 15 atom stereocenters. The van der Waals surface area contributed by atoms with Crippen LogP contribution in [-0.2, 0) is 85.7 Å². The molecule has 1 N–H and O–H groups in total. The van der Waals surface area contributed by atoms with Crippen molar-refractivity contribution in [3.63, 3.8) is 0 Å². The van der Waals surface area contributed by atoms with E-state index >= 15 is 14.4 Å². The number of hydrogen-bond acceptors (Lipinski definition) is 28. The van der Waals surface area contributed by atoms with E-state index in [2.05, 4.69) is 0 Å². The summed E-state index contributed by atoms with van der Waals surface area (Å²) in [5.41, 5.74) is -1.05. The number of hydrogen-bond donors (Lipinski definition) is 1. The lowest BCUT2D eigenvalue weighted by molar-refractivity contribution is -0.372. The van der Waals surface area contributed by atoms with E-state index in [1.165, 1.54) is 225 Å². The van der Waals surface area contributed by atoms with Crippen LogP contribution in [0.5, 0.6) is 11.5 Å². The van der Waals surface area contributed by atoms with Crippen LogP contribution in [0.2, 0.25) is 0 Å². The van der Waals surface area contributed by atoms with E-state index in [1.807, 2.05) is 0 Å². The molecule has 112 heavy (non-hydrogen) atoms. The Bertz CT molecular complexity index is 4810. The molecule has 0 radical (unpaired) electrons. The quantitative estimate of drug-likeness (QED) is 0.0271. The minimum atomic E-state index is -5.85. The Morgan fingerprint density at radius 3 is 0.938 bits per heavy atom. The smallest absolute Gasteiger partial charge is 0.397 e. The summed E-state index contributed by atoms with van der Waals surface area (Å²) in [5, 5.41) is 0. The van der Waals surface area contributed by atoms with Gasteiger partial charge in [0.25, 0.3) is 0 Å². The lowest BCUT2D eigenvalue weighted by Crippen LogP contribution is -2.69. The highest BCUT2D eigenvalue weighted by atomic mass is 32.3. The van der Waals surface area contributed by atoms with Crippen molar-refractivity contribution in [2.75, 3.05) is 27.4 Å². The van der Waals surface area contributed by atoms with E-state index in [0.717, 1.165) is 7.11 Å². The molecule has 3 aliphatic heterocycles. The highest BCUT2D eigenvalue weighted by Gasteiger charge is 2.62. The van der Waals surface area contributed by atoms with Crippen molar-refractivity contribution in [1.82, 2.24) is 0 Å². The first kappa shape index (κ1) is 79.0. The molecule has 0 unspecified atom stereocenters. The third kappa shape index (κ3) is 20.1. The summed E-state index contributed by atoms with van der Waals surface area (Å²) in [6.45, 7) is -2.07. The van der Waals surface area contributed by atoms with Crippen LogP contribution in [0, 0.1) is 0 Å². The summed E-state index contributed by atoms with van der Waals surface area (Å²) in [5.74, 6) is -10.4. The molecule has 0 bridgehead atoms. The van der Waals surface area contributed by atoms with Gasteiger partial charge >= 0.3 is 64.1 Å². The zero-order valence-electron chi connectivity index (χ0n) is 59.3. The summed E-state index contributed by atoms with van der Waals surface area (Å²) < 4.78 is 145. The average molecular weight is 1550 g/mol. The molecule has 3 saturated heterocycles. The lowest BCUT2D eigenvalue weighted by atomic mass is 9.94. The number of ether oxygens (including phenoxy) is 16. The van der Waals surface area contributed by atoms with E-state index in [4.69, 9.17) is 80.0 Å². The number of carbonyl (C=O) groups is 9. The first-order chi connectivity index (χ1) is 54.3. The highest BCUT2D eigenvalue weighted by Crippen LogP contribution is 2.41. The molecule has 3 aliphatic rings. The Morgan fingerprint density at radius 1 is 0.312 bits per heavy atom. The van der Waals surface area contributed by atoms with E-state index in [1.54, 1.807) is 48.5 Å². The van der Waals surface area contributed by atoms with E-state index in [-0.39, 0.29) is 50.3 Å². The molecule has 0 saturated carbocycles. The van der Waals surface area contributed by atoms with Crippen LogP contribution < -0.4 is 9.47 Å². The molecule has 9 aromatic rings. The summed E-state index contributed by atoms with van der Waals surface area (Å²) >= 11 is 0. The average Bonchev–Trinajstić information content (AvgIpc) is 0.753. The summed E-state index contributed by atoms with van der Waals surface area (Å²) in [6, 6.07) is 63.8. The van der Waals surface area contributed by atoms with Gasteiger partial charge in [0, 0.05) is 0 Å². The van der Waals surface area contributed by atoms with Crippen LogP contribution in [-0.4, -0.2) is 186 Å². The molecular formula is C82H70O29S. The van der Waals surface area contributed by atoms with E-state index < -0.39 is 169 Å². The van der Waals surface area contributed by atoms with Gasteiger partial charge in [0.2, 0.25) is 12.6 Å². The first-order valence-electron chi connectivity index (χ1n) is 34.6. The number of benzene rings is 9. The SMILES string of the molecule is COC(=O)[C@H]1O[C@@H](O[C@H]2[C@@H](OC(=O)c3ccccc3)[C@@H](COC(=O)c3ccccc3)O[C@@H](O[C@H]3[C@@H](OS(=O)(=O)O)[C@@H](COC(=O)c4ccccc4)O[C@@H](Oc4ccc(OC)cc4)[C@@H]3OC(=O)c3ccccc3)[C@@H]2OC(=O)c2ccccc2)[C@H](OC(=O)c2ccccc2)[C@@H](OC(=O)c2ccccc2)[C@@H]1OC(=O)c1ccccc1. The number of esters is 9. The van der Waals surface area contributed by atoms with Crippen molar-refractivity contribution in [2.45, 2.75) is 92.1 Å². The van der Waals surface area contributed by atoms with Crippen LogP contribution >= 0.6 is 0 Å². The molecule has 12 rings (SSSR count). The Labute approximate surface area is 639 Å². The van der Waals surface area contributed by atoms with Crippen LogP contribution in [0.4, 0.5) is 0 Å². The lowest BCUT2D eigenvalue weighted by Gasteiger charge is -2.50. The molecule has 0 aromatic heterocycles. The van der Waals surface area contributed by atoms with Crippen LogP contribution in [0.15, 0.2) is 267 Å². The maximum absolute atomic E-state index is 15.4. The van der Waals surface area contributed by atoms with Crippen molar-refractivity contribution in [1.29, 1.82) is 0 Å². The molecule has 0 aliphatic carbocycles. The molecule has 30 heteroatoms. The second-order valence-corrected chi connectivity index (χ2v) is 25.9. The number of methoxy groups -OCH3 is 2. The Balaban J connectivity index is 1.09. The van der Waals surface area contributed by atoms with Gasteiger partial charge in [0.1, 0.15) is 55.2 Å². The zero-order chi connectivity index (χ0) is 78.7. The minimum absolute atomic E-state index is 0.0216. The normalized spacial score (nSPS) is 23.3. The van der Waals surface area contributed by atoms with Gasteiger partial charge in [-0.3, -0.25) is 4.55 Å². The fraction of sp³-hybridized carbons (Fsp3) is 0.232. The topological polar surface area (TPSA) is 365 Å². The molecule has 0 amide bonds. The summed E-state index contributed by atoms with van der Waals surface area (Å²) in [6.07, 6.45) is -34.7. The maximum atomic E-state index is 15.4. The molecule has 29 nitrogen and oxygen atoms in total. The Hall–Kier alpha value is -12.5. The van der Waals surface area contributed by atoms with Gasteiger partial charge in [-0.25, -0.2) is 47.3 Å². The fourth-order valence-electron chi connectivity index (χ4n) is 12.1. The molecule has 578 valence electrons. The predicted octanol–water partition coefficient (Wildman–Crippen LogP) is 9.45. The van der Waals surface area contributed by atoms with Gasteiger partial charge in [-0.05, 0) is 121 Å². The van der Waals surface area contributed by atoms with Crippen LogP contribution in [0.25, 0.3) is 0 Å². The summed E-state index contributed by atoms with van der Waals surface area (Å²) in [4.78, 5) is 133. The van der Waals surface area contributed by atoms with Crippen molar-refractivity contribution in [3.05, 3.63) is 311 Å². The zero-order valence-corrected chi connectivity index (χ0v) is 60.1. The van der Waals surface area contributed by atoms with Crippen molar-refractivity contribution in [3.8, 4) is 11.5 Å². The number of carbonyl (C=O) groups excluding carboxylic acids is 9. The van der Waals surface area contributed by atoms with E-state index in [9.17, 15) is 41.7 Å². The van der Waals surface area contributed by atoms with Crippen molar-refractivity contribution in [2.24, 2.45) is 0 Å². The van der Waals surface area contributed by atoms with E-state index in [0.29, 0.717) is 5.75 Å². The Morgan fingerprint density at radius 2 is 0.589 bits per heavy atom. The molecule has 0 spiro atoms. The summed E-state index contributed by atoms with van der Waals surface area (Å²) in [7, 11) is -3.53.